The minimum absolute atomic E-state index is 0. The fourth-order valence-electron chi connectivity index (χ4n) is 2.24. The second kappa shape index (κ2) is 8.17. The number of nitrogens with one attached hydrogen (secondary N) is 1. The summed E-state index contributed by atoms with van der Waals surface area (Å²) >= 11 is 0. The molecule has 0 aromatic heterocycles. The zero-order valence-corrected chi connectivity index (χ0v) is 12.3. The third-order valence-corrected chi connectivity index (χ3v) is 3.31. The SMILES string of the molecule is COCC(N)C(=O)NC1CCN(C2CC2)C1.Cl.Cl. The van der Waals surface area contributed by atoms with E-state index in [1.807, 2.05) is 0 Å². The van der Waals surface area contributed by atoms with Gasteiger partial charge in [-0.15, -0.1) is 24.8 Å². The number of carbonyl (C=O) groups is 1. The van der Waals surface area contributed by atoms with Crippen LogP contribution in [0.3, 0.4) is 0 Å². The Bertz CT molecular complexity index is 265. The second-order valence-corrected chi connectivity index (χ2v) is 4.78. The molecule has 1 heterocycles. The zero-order chi connectivity index (χ0) is 11.5. The van der Waals surface area contributed by atoms with E-state index >= 15 is 0 Å². The largest absolute Gasteiger partial charge is 0.383 e. The van der Waals surface area contributed by atoms with Gasteiger partial charge in [-0.1, -0.05) is 0 Å². The molecule has 2 rings (SSSR count). The topological polar surface area (TPSA) is 67.6 Å². The Morgan fingerprint density at radius 3 is 2.67 bits per heavy atom. The van der Waals surface area contributed by atoms with E-state index in [9.17, 15) is 4.79 Å². The van der Waals surface area contributed by atoms with Crippen molar-refractivity contribution in [3.63, 3.8) is 0 Å². The lowest BCUT2D eigenvalue weighted by Crippen LogP contribution is -2.48. The van der Waals surface area contributed by atoms with Crippen LogP contribution in [0.1, 0.15) is 19.3 Å². The van der Waals surface area contributed by atoms with Crippen LogP contribution < -0.4 is 11.1 Å². The van der Waals surface area contributed by atoms with Crippen molar-refractivity contribution >= 4 is 30.7 Å². The maximum atomic E-state index is 11.6. The van der Waals surface area contributed by atoms with Gasteiger partial charge in [-0.25, -0.2) is 0 Å². The molecule has 1 amide bonds. The van der Waals surface area contributed by atoms with E-state index in [0.717, 1.165) is 25.6 Å². The van der Waals surface area contributed by atoms with Gasteiger partial charge in [0.2, 0.25) is 5.91 Å². The third-order valence-electron chi connectivity index (χ3n) is 3.31. The first kappa shape index (κ1) is 17.9. The van der Waals surface area contributed by atoms with Crippen molar-refractivity contribution in [1.29, 1.82) is 0 Å². The first-order chi connectivity index (χ1) is 7.70. The molecule has 1 aliphatic heterocycles. The van der Waals surface area contributed by atoms with Gasteiger partial charge in [-0.2, -0.15) is 0 Å². The fourth-order valence-corrected chi connectivity index (χ4v) is 2.24. The highest BCUT2D eigenvalue weighted by atomic mass is 35.5. The first-order valence-corrected chi connectivity index (χ1v) is 5.99. The van der Waals surface area contributed by atoms with Crippen LogP contribution in [0.25, 0.3) is 0 Å². The number of ether oxygens (including phenoxy) is 1. The predicted octanol–water partition coefficient (Wildman–Crippen LogP) is 0.157. The number of rotatable bonds is 5. The van der Waals surface area contributed by atoms with Gasteiger partial charge in [0.15, 0.2) is 0 Å². The van der Waals surface area contributed by atoms with Crippen LogP contribution in [-0.4, -0.2) is 55.7 Å². The summed E-state index contributed by atoms with van der Waals surface area (Å²) in [6, 6.07) is 0.519. The standard InChI is InChI=1S/C11H21N3O2.2ClH/c1-16-7-10(12)11(15)13-8-4-5-14(6-8)9-2-3-9;;/h8-10H,2-7,12H2,1H3,(H,13,15);2*1H. The number of halogens is 2. The number of carbonyl (C=O) groups excluding carboxylic acids is 1. The molecule has 2 atom stereocenters. The number of amides is 1. The molecule has 2 aliphatic rings. The molecule has 0 aromatic carbocycles. The number of nitrogens with zero attached hydrogens (tertiary/aromatic N) is 1. The van der Waals surface area contributed by atoms with Gasteiger partial charge in [-0.05, 0) is 19.3 Å². The lowest BCUT2D eigenvalue weighted by Gasteiger charge is -2.17. The molecular weight excluding hydrogens is 277 g/mol. The molecule has 1 saturated carbocycles. The number of hydrogen-bond donors (Lipinski definition) is 2. The van der Waals surface area contributed by atoms with E-state index in [0.29, 0.717) is 0 Å². The summed E-state index contributed by atoms with van der Waals surface area (Å²) in [5.74, 6) is -0.0931. The van der Waals surface area contributed by atoms with Crippen LogP contribution in [0, 0.1) is 0 Å². The summed E-state index contributed by atoms with van der Waals surface area (Å²) in [4.78, 5) is 14.1. The van der Waals surface area contributed by atoms with Crippen molar-refractivity contribution in [3.05, 3.63) is 0 Å². The molecule has 7 heteroatoms. The molecule has 2 unspecified atom stereocenters. The van der Waals surface area contributed by atoms with Crippen molar-refractivity contribution in [3.8, 4) is 0 Å². The molecule has 1 saturated heterocycles. The van der Waals surface area contributed by atoms with Crippen molar-refractivity contribution in [2.45, 2.75) is 37.4 Å². The first-order valence-electron chi connectivity index (χ1n) is 5.99. The van der Waals surface area contributed by atoms with Crippen molar-refractivity contribution in [2.24, 2.45) is 5.73 Å². The highest BCUT2D eigenvalue weighted by Gasteiger charge is 2.35. The monoisotopic (exact) mass is 299 g/mol. The predicted molar refractivity (Wildman–Crippen MR) is 75.5 cm³/mol. The summed E-state index contributed by atoms with van der Waals surface area (Å²) in [6.45, 7) is 2.37. The van der Waals surface area contributed by atoms with Crippen LogP contribution in [0.15, 0.2) is 0 Å². The minimum atomic E-state index is -0.542. The maximum Gasteiger partial charge on any atom is 0.239 e. The normalized spacial score (nSPS) is 24.9. The molecule has 2 fully saturated rings. The molecule has 3 N–H and O–H groups in total. The molecule has 0 bridgehead atoms. The van der Waals surface area contributed by atoms with E-state index in [-0.39, 0.29) is 43.4 Å². The van der Waals surface area contributed by atoms with Crippen LogP contribution in [0.2, 0.25) is 0 Å². The molecule has 0 radical (unpaired) electrons. The Morgan fingerprint density at radius 2 is 2.11 bits per heavy atom. The Morgan fingerprint density at radius 1 is 1.44 bits per heavy atom. The molecule has 5 nitrogen and oxygen atoms in total. The lowest BCUT2D eigenvalue weighted by atomic mass is 10.2. The average Bonchev–Trinajstić information content (AvgIpc) is 3.01. The molecule has 0 aromatic rings. The average molecular weight is 300 g/mol. The summed E-state index contributed by atoms with van der Waals surface area (Å²) in [6.07, 6.45) is 3.69. The molecule has 0 spiro atoms. The molecule has 1 aliphatic carbocycles. The van der Waals surface area contributed by atoms with Crippen LogP contribution >= 0.6 is 24.8 Å². The Kier molecular flexibility index (Phi) is 8.14. The third kappa shape index (κ3) is 4.90. The van der Waals surface area contributed by atoms with Gasteiger partial charge >= 0.3 is 0 Å². The highest BCUT2D eigenvalue weighted by molar-refractivity contribution is 5.85. The Labute approximate surface area is 121 Å². The lowest BCUT2D eigenvalue weighted by molar-refractivity contribution is -0.124. The van der Waals surface area contributed by atoms with E-state index in [1.165, 1.54) is 12.8 Å². The molecule has 108 valence electrons. The summed E-state index contributed by atoms with van der Waals surface area (Å²) in [5, 5.41) is 2.99. The van der Waals surface area contributed by atoms with Gasteiger partial charge in [0, 0.05) is 32.3 Å². The quantitative estimate of drug-likeness (QED) is 0.759. The van der Waals surface area contributed by atoms with Crippen LogP contribution in [0.5, 0.6) is 0 Å². The smallest absolute Gasteiger partial charge is 0.239 e. The Balaban J connectivity index is 0.00000144. The van der Waals surface area contributed by atoms with Crippen LogP contribution in [-0.2, 0) is 9.53 Å². The Hall–Kier alpha value is -0.0700. The van der Waals surface area contributed by atoms with E-state index < -0.39 is 6.04 Å². The number of methoxy groups -OCH3 is 1. The number of hydrogen-bond acceptors (Lipinski definition) is 4. The van der Waals surface area contributed by atoms with E-state index in [1.54, 1.807) is 7.11 Å². The second-order valence-electron chi connectivity index (χ2n) is 4.78. The number of likely N-dealkylation sites (tertiary alicyclic amines) is 1. The van der Waals surface area contributed by atoms with Gasteiger partial charge in [0.05, 0.1) is 6.61 Å². The van der Waals surface area contributed by atoms with Crippen LogP contribution in [0.4, 0.5) is 0 Å². The van der Waals surface area contributed by atoms with Crippen molar-refractivity contribution < 1.29 is 9.53 Å². The fraction of sp³-hybridized carbons (Fsp3) is 0.909. The van der Waals surface area contributed by atoms with E-state index in [2.05, 4.69) is 10.2 Å². The van der Waals surface area contributed by atoms with Gasteiger partial charge in [-0.3, -0.25) is 9.69 Å². The molecular formula is C11H23Cl2N3O2. The maximum absolute atomic E-state index is 11.6. The van der Waals surface area contributed by atoms with Gasteiger partial charge in [0.25, 0.3) is 0 Å². The zero-order valence-electron chi connectivity index (χ0n) is 10.6. The van der Waals surface area contributed by atoms with Gasteiger partial charge in [0.1, 0.15) is 6.04 Å². The van der Waals surface area contributed by atoms with Crippen molar-refractivity contribution in [2.75, 3.05) is 26.8 Å². The van der Waals surface area contributed by atoms with Gasteiger partial charge < -0.3 is 15.8 Å². The summed E-state index contributed by atoms with van der Waals surface area (Å²) in [7, 11) is 1.55. The van der Waals surface area contributed by atoms with Crippen molar-refractivity contribution in [1.82, 2.24) is 10.2 Å². The minimum Gasteiger partial charge on any atom is -0.383 e. The summed E-state index contributed by atoms with van der Waals surface area (Å²) in [5.41, 5.74) is 5.66. The highest BCUT2D eigenvalue weighted by Crippen LogP contribution is 2.29. The summed E-state index contributed by atoms with van der Waals surface area (Å²) < 4.78 is 4.86. The molecule has 18 heavy (non-hydrogen) atoms. The van der Waals surface area contributed by atoms with E-state index in [4.69, 9.17) is 10.5 Å². The number of nitrogens with two attached hydrogens (primary N) is 1.